The van der Waals surface area contributed by atoms with E-state index < -0.39 is 0 Å². The lowest BCUT2D eigenvalue weighted by atomic mass is 9.89. The standard InChI is InChI=1S/C15H23NO/c1-2-3-4-8-14-9-7-10-15(13-14)16-11-5-6-12-17-16/h5-6,8,11-12,15H,2-4,7,9-10,13H2,1H3. The third kappa shape index (κ3) is 3.65. The Bertz CT molecular complexity index is 317. The summed E-state index contributed by atoms with van der Waals surface area (Å²) in [5.41, 5.74) is 1.63. The molecule has 2 nitrogen and oxygen atoms in total. The maximum Gasteiger partial charge on any atom is 0.119 e. The van der Waals surface area contributed by atoms with E-state index in [0.717, 1.165) is 0 Å². The fourth-order valence-corrected chi connectivity index (χ4v) is 2.51. The van der Waals surface area contributed by atoms with Crippen LogP contribution in [-0.2, 0) is 4.84 Å². The third-order valence-corrected chi connectivity index (χ3v) is 3.49. The number of nitrogens with zero attached hydrogens (tertiary/aromatic N) is 1. The smallest absolute Gasteiger partial charge is 0.119 e. The molecule has 0 spiro atoms. The molecule has 0 aromatic carbocycles. The van der Waals surface area contributed by atoms with Crippen molar-refractivity contribution >= 4 is 0 Å². The molecule has 1 aliphatic heterocycles. The van der Waals surface area contributed by atoms with Gasteiger partial charge in [0.05, 0.1) is 6.04 Å². The summed E-state index contributed by atoms with van der Waals surface area (Å²) in [6, 6.07) is 0.526. The third-order valence-electron chi connectivity index (χ3n) is 3.49. The van der Waals surface area contributed by atoms with Crippen LogP contribution in [0.25, 0.3) is 0 Å². The highest BCUT2D eigenvalue weighted by Gasteiger charge is 2.22. The SMILES string of the molecule is CCCCC=C1CCCC(N2C=CC=CO2)C1. The fraction of sp³-hybridized carbons (Fsp3) is 0.600. The van der Waals surface area contributed by atoms with Gasteiger partial charge in [-0.25, -0.2) is 5.06 Å². The normalized spacial score (nSPS) is 26.3. The minimum absolute atomic E-state index is 0.526. The average Bonchev–Trinajstić information content (AvgIpc) is 2.41. The van der Waals surface area contributed by atoms with E-state index in [9.17, 15) is 0 Å². The van der Waals surface area contributed by atoms with E-state index in [4.69, 9.17) is 4.84 Å². The fourth-order valence-electron chi connectivity index (χ4n) is 2.51. The summed E-state index contributed by atoms with van der Waals surface area (Å²) >= 11 is 0. The number of unbranched alkanes of at least 4 members (excludes halogenated alkanes) is 2. The number of hydrogen-bond acceptors (Lipinski definition) is 2. The molecule has 1 atom stereocenters. The van der Waals surface area contributed by atoms with Crippen LogP contribution < -0.4 is 0 Å². The lowest BCUT2D eigenvalue weighted by molar-refractivity contribution is -0.0991. The topological polar surface area (TPSA) is 12.5 Å². The molecule has 0 amide bonds. The van der Waals surface area contributed by atoms with Crippen LogP contribution in [0, 0.1) is 0 Å². The first-order chi connectivity index (χ1) is 8.40. The molecule has 94 valence electrons. The van der Waals surface area contributed by atoms with Crippen molar-refractivity contribution in [2.24, 2.45) is 0 Å². The lowest BCUT2D eigenvalue weighted by Crippen LogP contribution is -2.32. The van der Waals surface area contributed by atoms with Crippen molar-refractivity contribution in [3.05, 3.63) is 36.3 Å². The van der Waals surface area contributed by atoms with Crippen molar-refractivity contribution in [3.8, 4) is 0 Å². The van der Waals surface area contributed by atoms with E-state index >= 15 is 0 Å². The molecule has 0 N–H and O–H groups in total. The Morgan fingerprint density at radius 3 is 3.18 bits per heavy atom. The summed E-state index contributed by atoms with van der Waals surface area (Å²) in [6.45, 7) is 2.25. The summed E-state index contributed by atoms with van der Waals surface area (Å²) in [5, 5.41) is 2.01. The van der Waals surface area contributed by atoms with E-state index in [1.54, 1.807) is 11.8 Å². The van der Waals surface area contributed by atoms with Gasteiger partial charge in [-0.3, -0.25) is 0 Å². The van der Waals surface area contributed by atoms with E-state index in [-0.39, 0.29) is 0 Å². The van der Waals surface area contributed by atoms with Crippen molar-refractivity contribution in [2.75, 3.05) is 0 Å². The Balaban J connectivity index is 1.86. The summed E-state index contributed by atoms with van der Waals surface area (Å²) in [7, 11) is 0. The Morgan fingerprint density at radius 2 is 2.41 bits per heavy atom. The van der Waals surface area contributed by atoms with Crippen LogP contribution in [0.15, 0.2) is 36.3 Å². The van der Waals surface area contributed by atoms with Gasteiger partial charge in [-0.2, -0.15) is 0 Å². The van der Waals surface area contributed by atoms with Crippen molar-refractivity contribution < 1.29 is 4.84 Å². The highest BCUT2D eigenvalue weighted by atomic mass is 16.7. The van der Waals surface area contributed by atoms with Gasteiger partial charge >= 0.3 is 0 Å². The van der Waals surface area contributed by atoms with Crippen LogP contribution in [0.3, 0.4) is 0 Å². The van der Waals surface area contributed by atoms with Gasteiger partial charge in [-0.1, -0.05) is 31.4 Å². The minimum atomic E-state index is 0.526. The van der Waals surface area contributed by atoms with E-state index in [1.165, 1.54) is 44.9 Å². The molecule has 0 saturated heterocycles. The second-order valence-corrected chi connectivity index (χ2v) is 4.89. The Hall–Kier alpha value is -1.18. The predicted octanol–water partition coefficient (Wildman–Crippen LogP) is 4.32. The molecule has 0 radical (unpaired) electrons. The van der Waals surface area contributed by atoms with Crippen molar-refractivity contribution in [1.29, 1.82) is 0 Å². The van der Waals surface area contributed by atoms with Gasteiger partial charge in [-0.05, 0) is 44.3 Å². The van der Waals surface area contributed by atoms with E-state index in [0.29, 0.717) is 6.04 Å². The molecule has 1 saturated carbocycles. The van der Waals surface area contributed by atoms with Crippen LogP contribution in [0.4, 0.5) is 0 Å². The minimum Gasteiger partial charge on any atom is -0.388 e. The van der Waals surface area contributed by atoms with Gasteiger partial charge < -0.3 is 4.84 Å². The quantitative estimate of drug-likeness (QED) is 0.529. The first kappa shape index (κ1) is 12.3. The van der Waals surface area contributed by atoms with Gasteiger partial charge in [-0.15, -0.1) is 0 Å². The van der Waals surface area contributed by atoms with Gasteiger partial charge in [0, 0.05) is 6.20 Å². The summed E-state index contributed by atoms with van der Waals surface area (Å²) in [4.78, 5) is 5.53. The molecule has 1 fully saturated rings. The van der Waals surface area contributed by atoms with E-state index in [2.05, 4.69) is 13.0 Å². The first-order valence-corrected chi connectivity index (χ1v) is 6.86. The molecular weight excluding hydrogens is 210 g/mol. The van der Waals surface area contributed by atoms with Gasteiger partial charge in [0.15, 0.2) is 0 Å². The maximum atomic E-state index is 5.53. The molecule has 0 aromatic heterocycles. The van der Waals surface area contributed by atoms with E-state index in [1.807, 2.05) is 23.4 Å². The Kier molecular flexibility index (Phi) is 4.72. The number of rotatable bonds is 4. The molecule has 2 heteroatoms. The molecule has 17 heavy (non-hydrogen) atoms. The maximum absolute atomic E-state index is 5.53. The van der Waals surface area contributed by atoms with Gasteiger partial charge in [0.1, 0.15) is 6.26 Å². The zero-order valence-electron chi connectivity index (χ0n) is 10.8. The zero-order chi connectivity index (χ0) is 11.9. The first-order valence-electron chi connectivity index (χ1n) is 6.86. The number of allylic oxidation sites excluding steroid dienone is 3. The summed E-state index contributed by atoms with van der Waals surface area (Å²) in [5.74, 6) is 0. The monoisotopic (exact) mass is 233 g/mol. The van der Waals surface area contributed by atoms with Crippen molar-refractivity contribution in [3.63, 3.8) is 0 Å². The van der Waals surface area contributed by atoms with Gasteiger partial charge in [0.25, 0.3) is 0 Å². The second-order valence-electron chi connectivity index (χ2n) is 4.89. The van der Waals surface area contributed by atoms with Crippen LogP contribution in [-0.4, -0.2) is 11.1 Å². The predicted molar refractivity (Wildman–Crippen MR) is 71.1 cm³/mol. The summed E-state index contributed by atoms with van der Waals surface area (Å²) in [6.07, 6.45) is 19.1. The van der Waals surface area contributed by atoms with Crippen LogP contribution >= 0.6 is 0 Å². The molecule has 1 unspecified atom stereocenters. The largest absolute Gasteiger partial charge is 0.388 e. The Labute approximate surface area is 105 Å². The lowest BCUT2D eigenvalue weighted by Gasteiger charge is -2.33. The molecule has 2 rings (SSSR count). The van der Waals surface area contributed by atoms with Crippen molar-refractivity contribution in [1.82, 2.24) is 5.06 Å². The highest BCUT2D eigenvalue weighted by molar-refractivity contribution is 5.10. The number of hydrogen-bond donors (Lipinski definition) is 0. The molecule has 1 aliphatic carbocycles. The van der Waals surface area contributed by atoms with Crippen LogP contribution in [0.1, 0.15) is 51.9 Å². The van der Waals surface area contributed by atoms with Gasteiger partial charge in [0.2, 0.25) is 0 Å². The second kappa shape index (κ2) is 6.53. The molecular formula is C15H23NO. The molecule has 0 bridgehead atoms. The van der Waals surface area contributed by atoms with Crippen LogP contribution in [0.2, 0.25) is 0 Å². The number of hydroxylamine groups is 2. The van der Waals surface area contributed by atoms with Crippen LogP contribution in [0.5, 0.6) is 0 Å². The highest BCUT2D eigenvalue weighted by Crippen LogP contribution is 2.28. The Morgan fingerprint density at radius 1 is 1.47 bits per heavy atom. The zero-order valence-corrected chi connectivity index (χ0v) is 10.8. The molecule has 0 aromatic rings. The summed E-state index contributed by atoms with van der Waals surface area (Å²) < 4.78 is 0. The average molecular weight is 233 g/mol. The molecule has 2 aliphatic rings. The van der Waals surface area contributed by atoms with Crippen molar-refractivity contribution in [2.45, 2.75) is 57.9 Å². The molecule has 1 heterocycles.